The third-order valence-electron chi connectivity index (χ3n) is 3.86. The molecule has 2 rings (SSSR count). The monoisotopic (exact) mass is 276 g/mol. The van der Waals surface area contributed by atoms with Gasteiger partial charge in [0.2, 0.25) is 0 Å². The number of nitrogens with zero attached hydrogens (tertiary/aromatic N) is 1. The van der Waals surface area contributed by atoms with E-state index < -0.39 is 0 Å². The number of nitrogens with one attached hydrogen (secondary N) is 1. The Labute approximate surface area is 123 Å². The molecule has 3 heteroatoms. The lowest BCUT2D eigenvalue weighted by Gasteiger charge is -2.33. The van der Waals surface area contributed by atoms with Crippen molar-refractivity contribution in [3.8, 4) is 0 Å². The van der Waals surface area contributed by atoms with Crippen LogP contribution in [0.1, 0.15) is 25.3 Å². The highest BCUT2D eigenvalue weighted by atomic mass is 16.5. The van der Waals surface area contributed by atoms with Gasteiger partial charge in [-0.25, -0.2) is 0 Å². The summed E-state index contributed by atoms with van der Waals surface area (Å²) in [6, 6.07) is 11.3. The molecule has 1 aliphatic rings. The molecule has 1 saturated heterocycles. The minimum Gasteiger partial charge on any atom is -0.380 e. The van der Waals surface area contributed by atoms with Crippen LogP contribution in [0.3, 0.4) is 0 Å². The van der Waals surface area contributed by atoms with E-state index in [1.54, 1.807) is 0 Å². The van der Waals surface area contributed by atoms with Gasteiger partial charge in [0.1, 0.15) is 0 Å². The fraction of sp³-hybridized carbons (Fsp3) is 0.647. The van der Waals surface area contributed by atoms with Gasteiger partial charge in [-0.3, -0.25) is 4.90 Å². The van der Waals surface area contributed by atoms with Crippen LogP contribution in [0.2, 0.25) is 0 Å². The Kier molecular flexibility index (Phi) is 7.06. The van der Waals surface area contributed by atoms with Crippen molar-refractivity contribution in [3.63, 3.8) is 0 Å². The van der Waals surface area contributed by atoms with Crippen LogP contribution in [0.4, 0.5) is 0 Å². The minimum atomic E-state index is 0.571. The number of piperazine rings is 1. The van der Waals surface area contributed by atoms with Gasteiger partial charge >= 0.3 is 0 Å². The fourth-order valence-electron chi connectivity index (χ4n) is 2.67. The van der Waals surface area contributed by atoms with E-state index in [4.69, 9.17) is 4.74 Å². The molecule has 1 unspecified atom stereocenters. The molecule has 1 aromatic carbocycles. The first-order valence-corrected chi connectivity index (χ1v) is 7.96. The third-order valence-corrected chi connectivity index (χ3v) is 3.86. The van der Waals surface area contributed by atoms with E-state index in [0.29, 0.717) is 6.04 Å². The molecular formula is C17H28N2O. The predicted molar refractivity (Wildman–Crippen MR) is 84.1 cm³/mol. The van der Waals surface area contributed by atoms with Gasteiger partial charge in [0.05, 0.1) is 6.61 Å². The van der Waals surface area contributed by atoms with Gasteiger partial charge in [-0.15, -0.1) is 0 Å². The molecule has 0 amide bonds. The van der Waals surface area contributed by atoms with Gasteiger partial charge in [-0.05, 0) is 18.4 Å². The van der Waals surface area contributed by atoms with Crippen molar-refractivity contribution in [1.29, 1.82) is 0 Å². The summed E-state index contributed by atoms with van der Waals surface area (Å²) in [6.07, 6.45) is 3.51. The van der Waals surface area contributed by atoms with E-state index in [1.807, 2.05) is 0 Å². The summed E-state index contributed by atoms with van der Waals surface area (Å²) in [5, 5.41) is 3.63. The maximum atomic E-state index is 5.67. The highest BCUT2D eigenvalue weighted by molar-refractivity contribution is 5.16. The number of hydrogen-bond donors (Lipinski definition) is 1. The molecule has 0 aliphatic carbocycles. The zero-order valence-electron chi connectivity index (χ0n) is 12.7. The van der Waals surface area contributed by atoms with Gasteiger partial charge in [0.15, 0.2) is 0 Å². The molecule has 0 saturated carbocycles. The summed E-state index contributed by atoms with van der Waals surface area (Å²) >= 11 is 0. The van der Waals surface area contributed by atoms with E-state index in [-0.39, 0.29) is 0 Å². The van der Waals surface area contributed by atoms with Crippen LogP contribution in [0.5, 0.6) is 0 Å². The summed E-state index contributed by atoms with van der Waals surface area (Å²) in [7, 11) is 0. The van der Waals surface area contributed by atoms with Crippen LogP contribution in [0.15, 0.2) is 30.3 Å². The second-order valence-corrected chi connectivity index (χ2v) is 5.61. The molecule has 20 heavy (non-hydrogen) atoms. The van der Waals surface area contributed by atoms with Crippen LogP contribution in [-0.2, 0) is 11.2 Å². The maximum absolute atomic E-state index is 5.67. The number of rotatable bonds is 8. The van der Waals surface area contributed by atoms with Crippen molar-refractivity contribution >= 4 is 0 Å². The van der Waals surface area contributed by atoms with Gasteiger partial charge in [-0.2, -0.15) is 0 Å². The van der Waals surface area contributed by atoms with Gasteiger partial charge in [0.25, 0.3) is 0 Å². The Morgan fingerprint density at radius 2 is 2.10 bits per heavy atom. The van der Waals surface area contributed by atoms with Gasteiger partial charge in [0, 0.05) is 38.8 Å². The predicted octanol–water partition coefficient (Wildman–Crippen LogP) is 2.32. The zero-order chi connectivity index (χ0) is 14.0. The van der Waals surface area contributed by atoms with Crippen molar-refractivity contribution in [1.82, 2.24) is 10.2 Å². The highest BCUT2D eigenvalue weighted by Crippen LogP contribution is 2.07. The molecule has 0 aromatic heterocycles. The molecule has 1 aliphatic heterocycles. The second-order valence-electron chi connectivity index (χ2n) is 5.61. The number of unbranched alkanes of at least 4 members (excludes halogenated alkanes) is 1. The van der Waals surface area contributed by atoms with Crippen molar-refractivity contribution in [3.05, 3.63) is 35.9 Å². The van der Waals surface area contributed by atoms with E-state index in [0.717, 1.165) is 45.8 Å². The van der Waals surface area contributed by atoms with Crippen LogP contribution in [0, 0.1) is 0 Å². The van der Waals surface area contributed by atoms with E-state index in [9.17, 15) is 0 Å². The second kappa shape index (κ2) is 9.11. The van der Waals surface area contributed by atoms with Crippen molar-refractivity contribution in [2.24, 2.45) is 0 Å². The molecule has 1 N–H and O–H groups in total. The summed E-state index contributed by atoms with van der Waals surface area (Å²) < 4.78 is 5.67. The summed E-state index contributed by atoms with van der Waals surface area (Å²) in [6.45, 7) is 8.42. The van der Waals surface area contributed by atoms with Gasteiger partial charge < -0.3 is 10.1 Å². The molecule has 0 spiro atoms. The molecule has 1 fully saturated rings. The van der Waals surface area contributed by atoms with Crippen molar-refractivity contribution in [2.75, 3.05) is 39.4 Å². The van der Waals surface area contributed by atoms with Crippen LogP contribution < -0.4 is 5.32 Å². The van der Waals surface area contributed by atoms with Crippen molar-refractivity contribution < 1.29 is 4.74 Å². The lowest BCUT2D eigenvalue weighted by molar-refractivity contribution is 0.0899. The first-order valence-electron chi connectivity index (χ1n) is 7.96. The number of benzene rings is 1. The van der Waals surface area contributed by atoms with Crippen LogP contribution in [-0.4, -0.2) is 50.3 Å². The summed E-state index contributed by atoms with van der Waals surface area (Å²) in [5.41, 5.74) is 1.42. The molecule has 3 nitrogen and oxygen atoms in total. The maximum Gasteiger partial charge on any atom is 0.0593 e. The molecule has 0 radical (unpaired) electrons. The summed E-state index contributed by atoms with van der Waals surface area (Å²) in [5.74, 6) is 0. The SMILES string of the molecule is CCCCOCCN1CCNC(Cc2ccccc2)C1. The lowest BCUT2D eigenvalue weighted by Crippen LogP contribution is -2.52. The normalized spacial score (nSPS) is 20.1. The fourth-order valence-corrected chi connectivity index (χ4v) is 2.67. The average Bonchev–Trinajstić information content (AvgIpc) is 2.48. The Bertz CT molecular complexity index is 355. The first kappa shape index (κ1) is 15.5. The van der Waals surface area contributed by atoms with E-state index >= 15 is 0 Å². The molecule has 112 valence electrons. The van der Waals surface area contributed by atoms with Crippen LogP contribution >= 0.6 is 0 Å². The van der Waals surface area contributed by atoms with Gasteiger partial charge in [-0.1, -0.05) is 43.7 Å². The first-order chi connectivity index (χ1) is 9.88. The molecule has 1 aromatic rings. The molecule has 0 bridgehead atoms. The number of hydrogen-bond acceptors (Lipinski definition) is 3. The summed E-state index contributed by atoms with van der Waals surface area (Å²) in [4.78, 5) is 2.52. The Morgan fingerprint density at radius 3 is 2.90 bits per heavy atom. The smallest absolute Gasteiger partial charge is 0.0593 e. The topological polar surface area (TPSA) is 24.5 Å². The quantitative estimate of drug-likeness (QED) is 0.738. The highest BCUT2D eigenvalue weighted by Gasteiger charge is 2.18. The molecule has 1 heterocycles. The van der Waals surface area contributed by atoms with E-state index in [2.05, 4.69) is 47.5 Å². The van der Waals surface area contributed by atoms with Crippen molar-refractivity contribution in [2.45, 2.75) is 32.2 Å². The standard InChI is InChI=1S/C17H28N2O/c1-2-3-12-20-13-11-19-10-9-18-17(15-19)14-16-7-5-4-6-8-16/h4-8,17-18H,2-3,9-15H2,1H3. The Morgan fingerprint density at radius 1 is 1.25 bits per heavy atom. The Balaban J connectivity index is 1.66. The third kappa shape index (κ3) is 5.61. The molecular weight excluding hydrogens is 248 g/mol. The van der Waals surface area contributed by atoms with Crippen LogP contribution in [0.25, 0.3) is 0 Å². The van der Waals surface area contributed by atoms with E-state index in [1.165, 1.54) is 18.4 Å². The zero-order valence-corrected chi connectivity index (χ0v) is 12.7. The average molecular weight is 276 g/mol. The molecule has 1 atom stereocenters. The largest absolute Gasteiger partial charge is 0.380 e. The minimum absolute atomic E-state index is 0.571. The Hall–Kier alpha value is -0.900. The number of ether oxygens (including phenoxy) is 1. The lowest BCUT2D eigenvalue weighted by atomic mass is 10.0.